The number of alkyl halides is 3. The van der Waals surface area contributed by atoms with Gasteiger partial charge in [-0.15, -0.1) is 0 Å². The first kappa shape index (κ1) is 32.6. The third-order valence-corrected chi connectivity index (χ3v) is 9.59. The monoisotopic (exact) mass is 628 g/mol. The number of carbonyl (C=O) groups is 3. The third kappa shape index (κ3) is 7.21. The van der Waals surface area contributed by atoms with E-state index in [1.807, 2.05) is 21.7 Å². The molecular weight excluding hydrogens is 585 g/mol. The lowest BCUT2D eigenvalue weighted by molar-refractivity contribution is -0.137. The topological polar surface area (TPSA) is 70.7 Å². The Bertz CT molecular complexity index is 1370. The van der Waals surface area contributed by atoms with E-state index < -0.39 is 11.7 Å². The molecule has 0 aliphatic carbocycles. The number of carbonyl (C=O) groups excluding carboxylic acids is 3. The first-order valence-corrected chi connectivity index (χ1v) is 15.6. The number of rotatable bonds is 5. The van der Waals surface area contributed by atoms with Gasteiger partial charge in [-0.2, -0.15) is 13.2 Å². The molecular formula is C33H43F3N6O3. The van der Waals surface area contributed by atoms with Gasteiger partial charge in [-0.25, -0.2) is 9.59 Å². The number of benzene rings is 2. The molecule has 3 aliphatic heterocycles. The molecule has 3 aliphatic rings. The van der Waals surface area contributed by atoms with Gasteiger partial charge in [-0.05, 0) is 61.1 Å². The largest absolute Gasteiger partial charge is 0.416 e. The van der Waals surface area contributed by atoms with E-state index in [0.29, 0.717) is 43.2 Å². The van der Waals surface area contributed by atoms with E-state index in [9.17, 15) is 27.6 Å². The summed E-state index contributed by atoms with van der Waals surface area (Å²) in [4.78, 5) is 50.6. The van der Waals surface area contributed by atoms with Crippen LogP contribution < -0.4 is 0 Å². The first-order valence-electron chi connectivity index (χ1n) is 15.6. The molecule has 0 bridgehead atoms. The second-order valence-corrected chi connectivity index (χ2v) is 12.7. The normalized spacial score (nSPS) is 22.4. The van der Waals surface area contributed by atoms with Crippen LogP contribution in [0.5, 0.6) is 0 Å². The minimum atomic E-state index is -4.39. The fraction of sp³-hybridized carbons (Fsp3) is 0.545. The van der Waals surface area contributed by atoms with Crippen molar-refractivity contribution in [1.29, 1.82) is 0 Å². The van der Waals surface area contributed by atoms with E-state index >= 15 is 0 Å². The number of likely N-dealkylation sites (tertiary alicyclic amines) is 3. The van der Waals surface area contributed by atoms with Crippen LogP contribution in [-0.4, -0.2) is 133 Å². The molecule has 3 saturated heterocycles. The van der Waals surface area contributed by atoms with Crippen LogP contribution in [0, 0.1) is 0 Å². The summed E-state index contributed by atoms with van der Waals surface area (Å²) in [5.41, 5.74) is 1.13. The summed E-state index contributed by atoms with van der Waals surface area (Å²) < 4.78 is 38.7. The second-order valence-electron chi connectivity index (χ2n) is 12.7. The van der Waals surface area contributed by atoms with Gasteiger partial charge in [-0.1, -0.05) is 24.3 Å². The Hall–Kier alpha value is -3.80. The zero-order chi connectivity index (χ0) is 32.5. The molecule has 2 aromatic rings. The summed E-state index contributed by atoms with van der Waals surface area (Å²) in [6, 6.07) is 12.1. The molecule has 12 heteroatoms. The predicted octanol–water partition coefficient (Wildman–Crippen LogP) is 4.79. The van der Waals surface area contributed by atoms with Crippen LogP contribution in [0.3, 0.4) is 0 Å². The van der Waals surface area contributed by atoms with Crippen molar-refractivity contribution in [2.75, 3.05) is 67.5 Å². The van der Waals surface area contributed by atoms with Crippen molar-refractivity contribution in [3.63, 3.8) is 0 Å². The minimum Gasteiger partial charge on any atom is -0.337 e. The Morgan fingerprint density at radius 3 is 1.89 bits per heavy atom. The highest BCUT2D eigenvalue weighted by Gasteiger charge is 2.38. The van der Waals surface area contributed by atoms with E-state index in [2.05, 4.69) is 4.90 Å². The van der Waals surface area contributed by atoms with Gasteiger partial charge < -0.3 is 24.5 Å². The molecule has 3 heterocycles. The van der Waals surface area contributed by atoms with Crippen molar-refractivity contribution >= 4 is 18.0 Å². The fourth-order valence-electron chi connectivity index (χ4n) is 6.76. The van der Waals surface area contributed by atoms with Gasteiger partial charge in [0.1, 0.15) is 0 Å². The molecule has 244 valence electrons. The van der Waals surface area contributed by atoms with Crippen LogP contribution in [0.15, 0.2) is 48.5 Å². The summed E-state index contributed by atoms with van der Waals surface area (Å²) >= 11 is 0. The molecule has 0 radical (unpaired) electrons. The number of piperidine rings is 1. The van der Waals surface area contributed by atoms with E-state index in [0.717, 1.165) is 56.6 Å². The number of halogens is 3. The number of hydrogen-bond donors (Lipinski definition) is 0. The van der Waals surface area contributed by atoms with Crippen molar-refractivity contribution < 1.29 is 27.6 Å². The second kappa shape index (κ2) is 13.3. The van der Waals surface area contributed by atoms with Gasteiger partial charge in [0.2, 0.25) is 0 Å². The van der Waals surface area contributed by atoms with Crippen molar-refractivity contribution in [2.45, 2.75) is 50.0 Å². The van der Waals surface area contributed by atoms with Crippen LogP contribution in [0.1, 0.15) is 41.6 Å². The highest BCUT2D eigenvalue weighted by atomic mass is 19.4. The number of urea groups is 2. The van der Waals surface area contributed by atoms with E-state index in [-0.39, 0.29) is 30.1 Å². The average Bonchev–Trinajstić information content (AvgIpc) is 3.74. The van der Waals surface area contributed by atoms with E-state index in [4.69, 9.17) is 0 Å². The summed E-state index contributed by atoms with van der Waals surface area (Å²) in [5.74, 6) is -0.165. The molecule has 45 heavy (non-hydrogen) atoms. The first-order chi connectivity index (χ1) is 21.3. The number of likely N-dealkylation sites (N-methyl/N-ethyl adjacent to an activating group) is 2. The molecule has 3 fully saturated rings. The highest BCUT2D eigenvalue weighted by Crippen LogP contribution is 2.31. The maximum absolute atomic E-state index is 13.5. The zero-order valence-electron chi connectivity index (χ0n) is 26.5. The van der Waals surface area contributed by atoms with Gasteiger partial charge in [0, 0.05) is 85.1 Å². The molecule has 0 spiro atoms. The lowest BCUT2D eigenvalue weighted by atomic mass is 10.0. The zero-order valence-corrected chi connectivity index (χ0v) is 26.5. The number of nitrogens with zero attached hydrogens (tertiary/aromatic N) is 6. The summed E-state index contributed by atoms with van der Waals surface area (Å²) in [6.07, 6.45) is -0.795. The standard InChI is InChI=1S/C33H43F3N6O3/c1-37(2)31(44)41-17-5-6-29(22-41)40-18-15-28(20-40)39(4)32(45)42-19-16-27(21-42)38(3)30(43)25-9-7-23(8-10-25)24-11-13-26(14-12-24)33(34,35)36/h7-14,27-29H,5-6,15-22H2,1-4H3. The van der Waals surface area contributed by atoms with Crippen LogP contribution in [-0.2, 0) is 6.18 Å². The van der Waals surface area contributed by atoms with Crippen molar-refractivity contribution in [3.8, 4) is 11.1 Å². The van der Waals surface area contributed by atoms with Gasteiger partial charge in [-0.3, -0.25) is 9.69 Å². The van der Waals surface area contributed by atoms with Gasteiger partial charge in [0.25, 0.3) is 5.91 Å². The van der Waals surface area contributed by atoms with Crippen molar-refractivity contribution in [3.05, 3.63) is 59.7 Å². The SMILES string of the molecule is CN(C)C(=O)N1CCCC(N2CCC(N(C)C(=O)N3CCC(N(C)C(=O)c4ccc(-c5ccc(C(F)(F)F)cc5)cc4)C3)C2)C1. The summed E-state index contributed by atoms with van der Waals surface area (Å²) in [6.45, 7) is 4.20. The highest BCUT2D eigenvalue weighted by molar-refractivity contribution is 5.95. The third-order valence-electron chi connectivity index (χ3n) is 9.59. The Morgan fingerprint density at radius 1 is 0.689 bits per heavy atom. The maximum Gasteiger partial charge on any atom is 0.416 e. The lowest BCUT2D eigenvalue weighted by Gasteiger charge is -2.39. The molecule has 0 aromatic heterocycles. The van der Waals surface area contributed by atoms with E-state index in [1.54, 1.807) is 55.2 Å². The van der Waals surface area contributed by atoms with Gasteiger partial charge in [0.05, 0.1) is 11.6 Å². The van der Waals surface area contributed by atoms with Crippen LogP contribution in [0.4, 0.5) is 22.8 Å². The quantitative estimate of drug-likeness (QED) is 0.478. The molecule has 3 atom stereocenters. The predicted molar refractivity (Wildman–Crippen MR) is 166 cm³/mol. The Morgan fingerprint density at radius 2 is 1.27 bits per heavy atom. The smallest absolute Gasteiger partial charge is 0.337 e. The molecule has 5 amide bonds. The van der Waals surface area contributed by atoms with E-state index in [1.165, 1.54) is 12.1 Å². The van der Waals surface area contributed by atoms with Crippen molar-refractivity contribution in [1.82, 2.24) is 29.4 Å². The fourth-order valence-corrected chi connectivity index (χ4v) is 6.76. The lowest BCUT2D eigenvalue weighted by Crippen LogP contribution is -2.52. The summed E-state index contributed by atoms with van der Waals surface area (Å²) in [7, 11) is 7.17. The molecule has 0 N–H and O–H groups in total. The van der Waals surface area contributed by atoms with Crippen LogP contribution in [0.25, 0.3) is 11.1 Å². The number of hydrogen-bond acceptors (Lipinski definition) is 4. The van der Waals surface area contributed by atoms with Crippen LogP contribution >= 0.6 is 0 Å². The molecule has 3 unspecified atom stereocenters. The molecule has 5 rings (SSSR count). The van der Waals surface area contributed by atoms with Gasteiger partial charge in [0.15, 0.2) is 0 Å². The average molecular weight is 629 g/mol. The molecule has 9 nitrogen and oxygen atoms in total. The number of amides is 5. The Labute approximate surface area is 263 Å². The molecule has 2 aromatic carbocycles. The van der Waals surface area contributed by atoms with Crippen molar-refractivity contribution in [2.24, 2.45) is 0 Å². The van der Waals surface area contributed by atoms with Gasteiger partial charge >= 0.3 is 18.2 Å². The minimum absolute atomic E-state index is 0.0286. The Balaban J connectivity index is 1.12. The van der Waals surface area contributed by atoms with Crippen LogP contribution in [0.2, 0.25) is 0 Å². The Kier molecular flexibility index (Phi) is 9.62. The summed E-state index contributed by atoms with van der Waals surface area (Å²) in [5, 5.41) is 0. The molecule has 0 saturated carbocycles. The maximum atomic E-state index is 13.5.